The number of carbonyl (C=O) groups is 2. The molecule has 0 bridgehead atoms. The molecule has 1 unspecified atom stereocenters. The summed E-state index contributed by atoms with van der Waals surface area (Å²) >= 11 is 0. The van der Waals surface area contributed by atoms with Gasteiger partial charge < -0.3 is 9.64 Å². The molecule has 3 rings (SSSR count). The van der Waals surface area contributed by atoms with E-state index in [-0.39, 0.29) is 17.6 Å². The number of ether oxygens (including phenoxy) is 1. The van der Waals surface area contributed by atoms with Gasteiger partial charge in [-0.2, -0.15) is 0 Å². The minimum absolute atomic E-state index is 0.0958. The molecule has 0 radical (unpaired) electrons. The third-order valence-electron chi connectivity index (χ3n) is 4.72. The second kappa shape index (κ2) is 7.97. The third kappa shape index (κ3) is 4.27. The van der Waals surface area contributed by atoms with Gasteiger partial charge in [-0.25, -0.2) is 0 Å². The van der Waals surface area contributed by atoms with Crippen molar-refractivity contribution in [1.29, 1.82) is 0 Å². The van der Waals surface area contributed by atoms with Crippen molar-refractivity contribution in [2.75, 3.05) is 20.2 Å². The molecular weight excluding hydrogens is 314 g/mol. The lowest BCUT2D eigenvalue weighted by atomic mass is 9.89. The van der Waals surface area contributed by atoms with E-state index in [1.54, 1.807) is 31.4 Å². The second-order valence-electron chi connectivity index (χ2n) is 6.43. The highest BCUT2D eigenvalue weighted by molar-refractivity contribution is 5.98. The molecule has 25 heavy (non-hydrogen) atoms. The van der Waals surface area contributed by atoms with Crippen LogP contribution in [0.3, 0.4) is 0 Å². The lowest BCUT2D eigenvalue weighted by Crippen LogP contribution is -2.43. The van der Waals surface area contributed by atoms with E-state index >= 15 is 0 Å². The van der Waals surface area contributed by atoms with Crippen LogP contribution in [0.15, 0.2) is 54.6 Å². The molecule has 4 nitrogen and oxygen atoms in total. The van der Waals surface area contributed by atoms with Gasteiger partial charge in [0.25, 0.3) is 0 Å². The van der Waals surface area contributed by atoms with E-state index in [1.807, 2.05) is 35.2 Å². The van der Waals surface area contributed by atoms with Crippen molar-refractivity contribution in [3.8, 4) is 5.75 Å². The largest absolute Gasteiger partial charge is 0.497 e. The Labute approximate surface area is 148 Å². The maximum Gasteiger partial charge on any atom is 0.227 e. The van der Waals surface area contributed by atoms with Crippen molar-refractivity contribution in [2.45, 2.75) is 19.3 Å². The van der Waals surface area contributed by atoms with Gasteiger partial charge in [-0.15, -0.1) is 0 Å². The number of piperidine rings is 1. The van der Waals surface area contributed by atoms with Crippen LogP contribution in [-0.4, -0.2) is 36.8 Å². The molecule has 130 valence electrons. The van der Waals surface area contributed by atoms with E-state index in [0.717, 1.165) is 30.7 Å². The molecule has 1 atom stereocenters. The van der Waals surface area contributed by atoms with Crippen LogP contribution in [0.25, 0.3) is 0 Å². The van der Waals surface area contributed by atoms with Gasteiger partial charge in [-0.3, -0.25) is 9.59 Å². The predicted octanol–water partition coefficient (Wildman–Crippen LogP) is 3.36. The maximum absolute atomic E-state index is 12.7. The summed E-state index contributed by atoms with van der Waals surface area (Å²) in [6, 6.07) is 16.9. The molecule has 1 fully saturated rings. The summed E-state index contributed by atoms with van der Waals surface area (Å²) in [4.78, 5) is 27.1. The van der Waals surface area contributed by atoms with Gasteiger partial charge in [0.2, 0.25) is 5.91 Å². The van der Waals surface area contributed by atoms with E-state index in [0.29, 0.717) is 18.5 Å². The number of ketones is 1. The number of nitrogens with zero attached hydrogens (tertiary/aromatic N) is 1. The Bertz CT molecular complexity index is 725. The van der Waals surface area contributed by atoms with Crippen molar-refractivity contribution in [1.82, 2.24) is 4.90 Å². The number of hydrogen-bond acceptors (Lipinski definition) is 3. The zero-order valence-corrected chi connectivity index (χ0v) is 14.5. The lowest BCUT2D eigenvalue weighted by Gasteiger charge is -2.32. The molecule has 1 amide bonds. The Kier molecular flexibility index (Phi) is 5.49. The summed E-state index contributed by atoms with van der Waals surface area (Å²) in [6.07, 6.45) is 2.09. The Balaban J connectivity index is 1.63. The Morgan fingerprint density at radius 2 is 1.80 bits per heavy atom. The number of amides is 1. The smallest absolute Gasteiger partial charge is 0.227 e. The normalized spacial score (nSPS) is 17.2. The van der Waals surface area contributed by atoms with Crippen LogP contribution in [0.2, 0.25) is 0 Å². The van der Waals surface area contributed by atoms with E-state index in [2.05, 4.69) is 0 Å². The van der Waals surface area contributed by atoms with E-state index in [1.165, 1.54) is 0 Å². The first-order valence-electron chi connectivity index (χ1n) is 8.67. The summed E-state index contributed by atoms with van der Waals surface area (Å²) in [5, 5.41) is 0. The van der Waals surface area contributed by atoms with Crippen LogP contribution in [-0.2, 0) is 11.2 Å². The molecule has 4 heteroatoms. The fourth-order valence-corrected chi connectivity index (χ4v) is 3.29. The molecule has 1 aliphatic heterocycles. The summed E-state index contributed by atoms with van der Waals surface area (Å²) in [5.41, 5.74) is 1.69. The van der Waals surface area contributed by atoms with Gasteiger partial charge in [0, 0.05) is 24.6 Å². The molecule has 0 aromatic heterocycles. The van der Waals surface area contributed by atoms with Crippen LogP contribution < -0.4 is 4.74 Å². The number of rotatable bonds is 5. The zero-order chi connectivity index (χ0) is 17.6. The standard InChI is InChI=1S/C21H23NO3/c1-25-19-11-9-17(10-12-19)21(24)18-8-5-13-22(15-18)20(23)14-16-6-3-2-4-7-16/h2-4,6-7,9-12,18H,5,8,13-15H2,1H3. The summed E-state index contributed by atoms with van der Waals surface area (Å²) in [6.45, 7) is 1.24. The second-order valence-corrected chi connectivity index (χ2v) is 6.43. The average Bonchev–Trinajstić information content (AvgIpc) is 2.68. The molecule has 2 aromatic carbocycles. The highest BCUT2D eigenvalue weighted by Crippen LogP contribution is 2.23. The topological polar surface area (TPSA) is 46.6 Å². The van der Waals surface area contributed by atoms with Crippen molar-refractivity contribution in [3.05, 3.63) is 65.7 Å². The van der Waals surface area contributed by atoms with Crippen LogP contribution in [0.5, 0.6) is 5.75 Å². The number of benzene rings is 2. The van der Waals surface area contributed by atoms with Gasteiger partial charge >= 0.3 is 0 Å². The fraction of sp³-hybridized carbons (Fsp3) is 0.333. The summed E-state index contributed by atoms with van der Waals surface area (Å²) in [5.74, 6) is 0.819. The first kappa shape index (κ1) is 17.2. The SMILES string of the molecule is COc1ccc(C(=O)C2CCCN(C(=O)Cc3ccccc3)C2)cc1. The van der Waals surface area contributed by atoms with Crippen LogP contribution in [0, 0.1) is 5.92 Å². The zero-order valence-electron chi connectivity index (χ0n) is 14.5. The number of hydrogen-bond donors (Lipinski definition) is 0. The Morgan fingerprint density at radius 1 is 1.08 bits per heavy atom. The molecule has 0 N–H and O–H groups in total. The van der Waals surface area contributed by atoms with Gasteiger partial charge in [0.1, 0.15) is 5.75 Å². The highest BCUT2D eigenvalue weighted by atomic mass is 16.5. The molecule has 1 heterocycles. The molecular formula is C21H23NO3. The average molecular weight is 337 g/mol. The summed E-state index contributed by atoms with van der Waals surface area (Å²) < 4.78 is 5.14. The van der Waals surface area contributed by atoms with Crippen LogP contribution >= 0.6 is 0 Å². The Hall–Kier alpha value is -2.62. The Morgan fingerprint density at radius 3 is 2.48 bits per heavy atom. The first-order valence-corrected chi connectivity index (χ1v) is 8.67. The van der Waals surface area contributed by atoms with Crippen molar-refractivity contribution in [3.63, 3.8) is 0 Å². The fourth-order valence-electron chi connectivity index (χ4n) is 3.29. The molecule has 0 saturated carbocycles. The number of Topliss-reactive ketones (excluding diaryl/α,β-unsaturated/α-hetero) is 1. The quantitative estimate of drug-likeness (QED) is 0.786. The minimum atomic E-state index is -0.123. The van der Waals surface area contributed by atoms with Gasteiger partial charge in [-0.1, -0.05) is 30.3 Å². The molecule has 1 saturated heterocycles. The van der Waals surface area contributed by atoms with Crippen molar-refractivity contribution < 1.29 is 14.3 Å². The maximum atomic E-state index is 12.7. The lowest BCUT2D eigenvalue weighted by molar-refractivity contribution is -0.131. The number of carbonyl (C=O) groups excluding carboxylic acids is 2. The highest BCUT2D eigenvalue weighted by Gasteiger charge is 2.28. The van der Waals surface area contributed by atoms with Crippen molar-refractivity contribution in [2.24, 2.45) is 5.92 Å². The van der Waals surface area contributed by atoms with Gasteiger partial charge in [0.15, 0.2) is 5.78 Å². The van der Waals surface area contributed by atoms with E-state index in [4.69, 9.17) is 4.74 Å². The summed E-state index contributed by atoms with van der Waals surface area (Å²) in [7, 11) is 1.61. The van der Waals surface area contributed by atoms with Gasteiger partial charge in [0.05, 0.1) is 13.5 Å². The van der Waals surface area contributed by atoms with Crippen molar-refractivity contribution >= 4 is 11.7 Å². The first-order chi connectivity index (χ1) is 12.2. The number of likely N-dealkylation sites (tertiary alicyclic amines) is 1. The van der Waals surface area contributed by atoms with Gasteiger partial charge in [-0.05, 0) is 42.7 Å². The predicted molar refractivity (Wildman–Crippen MR) is 96.8 cm³/mol. The van der Waals surface area contributed by atoms with E-state index in [9.17, 15) is 9.59 Å². The molecule has 0 aliphatic carbocycles. The van der Waals surface area contributed by atoms with Crippen LogP contribution in [0.4, 0.5) is 0 Å². The third-order valence-corrected chi connectivity index (χ3v) is 4.72. The van der Waals surface area contributed by atoms with E-state index < -0.39 is 0 Å². The minimum Gasteiger partial charge on any atom is -0.497 e. The molecule has 1 aliphatic rings. The number of methoxy groups -OCH3 is 1. The monoisotopic (exact) mass is 337 g/mol. The van der Waals surface area contributed by atoms with Crippen LogP contribution in [0.1, 0.15) is 28.8 Å². The molecule has 2 aromatic rings. The molecule has 0 spiro atoms.